The summed E-state index contributed by atoms with van der Waals surface area (Å²) in [6, 6.07) is 10.4. The van der Waals surface area contributed by atoms with Crippen LogP contribution in [-0.2, 0) is 11.2 Å². The molecule has 0 aliphatic carbocycles. The lowest BCUT2D eigenvalue weighted by molar-refractivity contribution is -0.121. The zero-order valence-corrected chi connectivity index (χ0v) is 18.9. The fourth-order valence-electron chi connectivity index (χ4n) is 3.95. The first-order chi connectivity index (χ1) is 14.8. The maximum absolute atomic E-state index is 13.4. The third kappa shape index (κ3) is 4.23. The van der Waals surface area contributed by atoms with Crippen molar-refractivity contribution in [2.45, 2.75) is 46.6 Å². The lowest BCUT2D eigenvalue weighted by Crippen LogP contribution is -2.26. The van der Waals surface area contributed by atoms with Crippen molar-refractivity contribution in [3.05, 3.63) is 75.1 Å². The van der Waals surface area contributed by atoms with E-state index in [4.69, 9.17) is 4.98 Å². The van der Waals surface area contributed by atoms with Crippen LogP contribution >= 0.6 is 11.3 Å². The average molecular weight is 437 g/mol. The number of nitrogens with zero attached hydrogens (tertiary/aromatic N) is 3. The maximum Gasteiger partial charge on any atom is 0.220 e. The van der Waals surface area contributed by atoms with Crippen LogP contribution < -0.4 is 5.32 Å². The zero-order chi connectivity index (χ0) is 22.1. The summed E-state index contributed by atoms with van der Waals surface area (Å²) in [5.74, 6) is -0.254. The van der Waals surface area contributed by atoms with Crippen molar-refractivity contribution in [2.24, 2.45) is 0 Å². The predicted octanol–water partition coefficient (Wildman–Crippen LogP) is 5.33. The molecule has 0 radical (unpaired) electrons. The molecule has 1 atom stereocenters. The molecule has 7 heteroatoms. The van der Waals surface area contributed by atoms with E-state index in [2.05, 4.69) is 10.4 Å². The number of aryl methyl sites for hydroxylation is 3. The van der Waals surface area contributed by atoms with Gasteiger partial charge in [0, 0.05) is 28.2 Å². The van der Waals surface area contributed by atoms with Crippen LogP contribution in [0.5, 0.6) is 0 Å². The normalized spacial score (nSPS) is 12.3. The molecule has 0 aliphatic rings. The third-order valence-electron chi connectivity index (χ3n) is 5.58. The molecule has 160 valence electrons. The Morgan fingerprint density at radius 1 is 1.16 bits per heavy atom. The van der Waals surface area contributed by atoms with Crippen molar-refractivity contribution < 1.29 is 9.18 Å². The minimum Gasteiger partial charge on any atom is -0.349 e. The van der Waals surface area contributed by atoms with Gasteiger partial charge in [-0.1, -0.05) is 18.2 Å². The summed E-state index contributed by atoms with van der Waals surface area (Å²) in [5, 5.41) is 9.76. The molecule has 0 saturated heterocycles. The zero-order valence-electron chi connectivity index (χ0n) is 18.1. The van der Waals surface area contributed by atoms with Gasteiger partial charge in [0.1, 0.15) is 5.82 Å². The number of hydrogen-bond donors (Lipinski definition) is 1. The first-order valence-electron chi connectivity index (χ1n) is 10.3. The molecule has 1 N–H and O–H groups in total. The summed E-state index contributed by atoms with van der Waals surface area (Å²) in [5.41, 5.74) is 6.25. The third-order valence-corrected chi connectivity index (χ3v) is 6.64. The molecule has 0 bridgehead atoms. The SMILES string of the molecule is Cc1nc2c(-c3ccc(F)cc3)c(C)nn2c(C)c1CCC(=O)NC(C)c1cccs1. The largest absolute Gasteiger partial charge is 0.349 e. The molecule has 3 aromatic heterocycles. The van der Waals surface area contributed by atoms with Crippen LogP contribution in [0.1, 0.15) is 46.9 Å². The number of amides is 1. The van der Waals surface area contributed by atoms with E-state index in [1.165, 1.54) is 12.1 Å². The van der Waals surface area contributed by atoms with Gasteiger partial charge in [-0.2, -0.15) is 5.10 Å². The van der Waals surface area contributed by atoms with Crippen LogP contribution in [-0.4, -0.2) is 20.5 Å². The standard InChI is InChI=1S/C24H25FN4OS/c1-14-20(11-12-22(30)26-15(2)21-6-5-13-31-21)17(4)29-24(27-14)23(16(3)28-29)18-7-9-19(25)10-8-18/h5-10,13,15H,11-12H2,1-4H3,(H,26,30). The molecule has 4 rings (SSSR count). The highest BCUT2D eigenvalue weighted by Crippen LogP contribution is 2.29. The van der Waals surface area contributed by atoms with Crippen LogP contribution in [0.25, 0.3) is 16.8 Å². The minimum atomic E-state index is -0.271. The number of nitrogens with one attached hydrogen (secondary N) is 1. The second kappa shape index (κ2) is 8.59. The molecular weight excluding hydrogens is 411 g/mol. The average Bonchev–Trinajstić information content (AvgIpc) is 3.37. The van der Waals surface area contributed by atoms with Crippen LogP contribution in [0.3, 0.4) is 0 Å². The number of aromatic nitrogens is 3. The lowest BCUT2D eigenvalue weighted by Gasteiger charge is -2.14. The number of carbonyl (C=O) groups excluding carboxylic acids is 1. The first kappa shape index (κ1) is 21.2. The number of hydrogen-bond acceptors (Lipinski definition) is 4. The molecule has 4 aromatic rings. The van der Waals surface area contributed by atoms with E-state index in [-0.39, 0.29) is 17.8 Å². The molecule has 1 amide bonds. The maximum atomic E-state index is 13.4. The molecule has 3 heterocycles. The number of carbonyl (C=O) groups is 1. The number of rotatable bonds is 6. The van der Waals surface area contributed by atoms with Crippen LogP contribution in [0.15, 0.2) is 41.8 Å². The van der Waals surface area contributed by atoms with Crippen molar-refractivity contribution in [1.29, 1.82) is 0 Å². The van der Waals surface area contributed by atoms with Crippen molar-refractivity contribution in [2.75, 3.05) is 0 Å². The Morgan fingerprint density at radius 3 is 2.58 bits per heavy atom. The van der Waals surface area contributed by atoms with E-state index < -0.39 is 0 Å². The molecule has 31 heavy (non-hydrogen) atoms. The monoisotopic (exact) mass is 436 g/mol. The number of thiophene rings is 1. The van der Waals surface area contributed by atoms with Crippen LogP contribution in [0.2, 0.25) is 0 Å². The van der Waals surface area contributed by atoms with E-state index in [9.17, 15) is 9.18 Å². The number of fused-ring (bicyclic) bond motifs is 1. The van der Waals surface area contributed by atoms with Gasteiger partial charge in [0.2, 0.25) is 5.91 Å². The molecule has 0 spiro atoms. The predicted molar refractivity (Wildman–Crippen MR) is 122 cm³/mol. The Labute approximate surface area is 185 Å². The van der Waals surface area contributed by atoms with Crippen molar-refractivity contribution in [3.8, 4) is 11.1 Å². The van der Waals surface area contributed by atoms with Crippen molar-refractivity contribution in [3.63, 3.8) is 0 Å². The van der Waals surface area contributed by atoms with Gasteiger partial charge < -0.3 is 5.32 Å². The van der Waals surface area contributed by atoms with Crippen LogP contribution in [0.4, 0.5) is 4.39 Å². The summed E-state index contributed by atoms with van der Waals surface area (Å²) in [6.45, 7) is 7.90. The topological polar surface area (TPSA) is 59.3 Å². The van der Waals surface area contributed by atoms with E-state index >= 15 is 0 Å². The summed E-state index contributed by atoms with van der Waals surface area (Å²) in [4.78, 5) is 18.5. The highest BCUT2D eigenvalue weighted by atomic mass is 32.1. The van der Waals surface area contributed by atoms with E-state index in [0.717, 1.165) is 44.3 Å². The summed E-state index contributed by atoms with van der Waals surface area (Å²) in [7, 11) is 0. The summed E-state index contributed by atoms with van der Waals surface area (Å²) in [6.07, 6.45) is 0.976. The molecule has 1 unspecified atom stereocenters. The summed E-state index contributed by atoms with van der Waals surface area (Å²) >= 11 is 1.64. The second-order valence-corrected chi connectivity index (χ2v) is 8.75. The molecular formula is C24H25FN4OS. The van der Waals surface area contributed by atoms with Gasteiger partial charge in [-0.05, 0) is 68.8 Å². The summed E-state index contributed by atoms with van der Waals surface area (Å²) < 4.78 is 15.2. The molecule has 1 aromatic carbocycles. The Bertz CT molecular complexity index is 1230. The van der Waals surface area contributed by atoms with E-state index in [1.807, 2.05) is 49.7 Å². The molecule has 0 saturated carbocycles. The van der Waals surface area contributed by atoms with E-state index in [0.29, 0.717) is 12.8 Å². The van der Waals surface area contributed by atoms with Crippen molar-refractivity contribution >= 4 is 22.9 Å². The number of benzene rings is 1. The second-order valence-electron chi connectivity index (χ2n) is 7.77. The van der Waals surface area contributed by atoms with Crippen LogP contribution in [0, 0.1) is 26.6 Å². The van der Waals surface area contributed by atoms with Gasteiger partial charge in [0.25, 0.3) is 0 Å². The smallest absolute Gasteiger partial charge is 0.220 e. The van der Waals surface area contributed by atoms with Crippen molar-refractivity contribution in [1.82, 2.24) is 19.9 Å². The Kier molecular flexibility index (Phi) is 5.87. The Hall–Kier alpha value is -3.06. The van der Waals surface area contributed by atoms with Gasteiger partial charge in [0.05, 0.1) is 11.7 Å². The van der Waals surface area contributed by atoms with Gasteiger partial charge in [0.15, 0.2) is 5.65 Å². The quantitative estimate of drug-likeness (QED) is 0.444. The highest BCUT2D eigenvalue weighted by Gasteiger charge is 2.19. The van der Waals surface area contributed by atoms with E-state index in [1.54, 1.807) is 23.5 Å². The van der Waals surface area contributed by atoms with Gasteiger partial charge >= 0.3 is 0 Å². The fourth-order valence-corrected chi connectivity index (χ4v) is 4.68. The minimum absolute atomic E-state index is 0.00216. The Balaban J connectivity index is 1.58. The highest BCUT2D eigenvalue weighted by molar-refractivity contribution is 7.10. The molecule has 0 aliphatic heterocycles. The molecule has 5 nitrogen and oxygen atoms in total. The Morgan fingerprint density at radius 2 is 1.90 bits per heavy atom. The number of halogens is 1. The van der Waals surface area contributed by atoms with Gasteiger partial charge in [-0.3, -0.25) is 4.79 Å². The van der Waals surface area contributed by atoms with Gasteiger partial charge in [-0.25, -0.2) is 13.9 Å². The first-order valence-corrected chi connectivity index (χ1v) is 11.2. The molecule has 0 fully saturated rings. The fraction of sp³-hybridized carbons (Fsp3) is 0.292. The van der Waals surface area contributed by atoms with Gasteiger partial charge in [-0.15, -0.1) is 11.3 Å². The lowest BCUT2D eigenvalue weighted by atomic mass is 10.0.